The topological polar surface area (TPSA) is 105 Å². The number of rotatable bonds is 4. The first-order chi connectivity index (χ1) is 14.7. The minimum absolute atomic E-state index is 0.00576. The van der Waals surface area contributed by atoms with E-state index in [1.807, 2.05) is 0 Å². The molecule has 0 spiro atoms. The van der Waals surface area contributed by atoms with Crippen LogP contribution in [0.25, 0.3) is 11.1 Å². The van der Waals surface area contributed by atoms with Crippen LogP contribution < -0.4 is 5.73 Å². The molecule has 1 aromatic carbocycles. The minimum Gasteiger partial charge on any atom is -0.383 e. The van der Waals surface area contributed by atoms with E-state index in [9.17, 15) is 9.90 Å². The molecule has 1 aliphatic heterocycles. The van der Waals surface area contributed by atoms with Gasteiger partial charge in [-0.05, 0) is 35.9 Å². The zero-order valence-electron chi connectivity index (χ0n) is 16.4. The Morgan fingerprint density at radius 1 is 1.35 bits per heavy atom. The van der Waals surface area contributed by atoms with Crippen molar-refractivity contribution in [1.82, 2.24) is 14.9 Å². The molecule has 3 aromatic rings. The first-order valence-corrected chi connectivity index (χ1v) is 9.56. The van der Waals surface area contributed by atoms with Gasteiger partial charge in [-0.3, -0.25) is 14.8 Å². The minimum atomic E-state index is -2.18. The van der Waals surface area contributed by atoms with Crippen LogP contribution in [-0.4, -0.2) is 47.0 Å². The van der Waals surface area contributed by atoms with E-state index in [1.54, 1.807) is 31.5 Å². The molecule has 0 saturated carbocycles. The zero-order valence-corrected chi connectivity index (χ0v) is 17.1. The molecular weight excluding hydrogens is 420 g/mol. The maximum Gasteiger partial charge on any atom is 0.258 e. The molecule has 1 atom stereocenters. The highest BCUT2D eigenvalue weighted by molar-refractivity contribution is 6.31. The van der Waals surface area contributed by atoms with E-state index in [4.69, 9.17) is 25.2 Å². The van der Waals surface area contributed by atoms with Gasteiger partial charge in [0.2, 0.25) is 0 Å². The quantitative estimate of drug-likeness (QED) is 0.484. The highest BCUT2D eigenvalue weighted by atomic mass is 35.5. The number of pyridine rings is 2. The molecule has 1 unspecified atom stereocenters. The maximum atomic E-state index is 15.1. The SMILES string of the molecule is [B]C1(O)c2ncccc2C(=O)N1Cc1c(F)cc(-c2cnc(N)c(C=NC)c2)cc1Cl. The molecule has 4 rings (SSSR count). The Kier molecular flexibility index (Phi) is 5.24. The van der Waals surface area contributed by atoms with Gasteiger partial charge >= 0.3 is 0 Å². The summed E-state index contributed by atoms with van der Waals surface area (Å²) in [6.07, 6.45) is 4.46. The summed E-state index contributed by atoms with van der Waals surface area (Å²) in [7, 11) is 7.55. The van der Waals surface area contributed by atoms with Crippen molar-refractivity contribution in [3.8, 4) is 11.1 Å². The first-order valence-electron chi connectivity index (χ1n) is 9.18. The highest BCUT2D eigenvalue weighted by Gasteiger charge is 2.45. The number of benzene rings is 1. The summed E-state index contributed by atoms with van der Waals surface area (Å²) < 4.78 is 15.1. The van der Waals surface area contributed by atoms with E-state index in [1.165, 1.54) is 24.5 Å². The van der Waals surface area contributed by atoms with Crippen molar-refractivity contribution in [2.75, 3.05) is 12.8 Å². The van der Waals surface area contributed by atoms with Crippen LogP contribution >= 0.6 is 11.6 Å². The Balaban J connectivity index is 1.70. The average Bonchev–Trinajstić information content (AvgIpc) is 2.92. The number of carbonyl (C=O) groups excluding carboxylic acids is 1. The predicted octanol–water partition coefficient (Wildman–Crippen LogP) is 2.49. The van der Waals surface area contributed by atoms with Crippen LogP contribution in [0.15, 0.2) is 47.7 Å². The molecular formula is C21H16BClFN5O2. The van der Waals surface area contributed by atoms with Crippen LogP contribution in [0.2, 0.25) is 5.02 Å². The smallest absolute Gasteiger partial charge is 0.258 e. The second-order valence-electron chi connectivity index (χ2n) is 7.02. The van der Waals surface area contributed by atoms with Gasteiger partial charge in [-0.2, -0.15) is 0 Å². The van der Waals surface area contributed by atoms with Crippen LogP contribution in [0, 0.1) is 5.82 Å². The molecule has 2 radical (unpaired) electrons. The standard InChI is InChI=1S/C21H16BClFN5O2/c1-26-8-13-5-12(9-28-19(13)25)11-6-16(23)15(17(24)7-11)10-29-20(30)14-3-2-4-27-18(14)21(29,22)31/h2-9,31H,10H2,1H3,(H2,25,28). The first kappa shape index (κ1) is 21.0. The van der Waals surface area contributed by atoms with Gasteiger partial charge in [0.25, 0.3) is 5.91 Å². The molecule has 10 heteroatoms. The molecule has 0 aliphatic carbocycles. The molecule has 154 valence electrons. The number of halogens is 2. The fraction of sp³-hybridized carbons (Fsp3) is 0.143. The lowest BCUT2D eigenvalue weighted by atomic mass is 9.87. The third kappa shape index (κ3) is 3.56. The number of hydrogen-bond acceptors (Lipinski definition) is 6. The summed E-state index contributed by atoms with van der Waals surface area (Å²) in [5, 5.41) is 10.7. The Hall–Kier alpha value is -3.30. The fourth-order valence-corrected chi connectivity index (χ4v) is 3.73. The number of aliphatic imine (C=N–C) groups is 1. The largest absolute Gasteiger partial charge is 0.383 e. The number of carbonyl (C=O) groups is 1. The van der Waals surface area contributed by atoms with Crippen molar-refractivity contribution in [2.24, 2.45) is 4.99 Å². The number of nitrogen functional groups attached to an aromatic ring is 1. The highest BCUT2D eigenvalue weighted by Crippen LogP contribution is 2.37. The molecule has 31 heavy (non-hydrogen) atoms. The van der Waals surface area contributed by atoms with Crippen LogP contribution in [-0.2, 0) is 12.2 Å². The average molecular weight is 436 g/mol. The number of aromatic nitrogens is 2. The summed E-state index contributed by atoms with van der Waals surface area (Å²) in [6, 6.07) is 7.57. The lowest BCUT2D eigenvalue weighted by Crippen LogP contribution is -2.44. The van der Waals surface area contributed by atoms with Crippen LogP contribution in [0.4, 0.5) is 10.2 Å². The molecule has 1 amide bonds. The van der Waals surface area contributed by atoms with Gasteiger partial charge < -0.3 is 15.7 Å². The van der Waals surface area contributed by atoms with Gasteiger partial charge in [0.15, 0.2) is 7.85 Å². The van der Waals surface area contributed by atoms with Gasteiger partial charge in [-0.1, -0.05) is 11.6 Å². The normalized spacial score (nSPS) is 18.1. The zero-order chi connectivity index (χ0) is 22.3. The monoisotopic (exact) mass is 435 g/mol. The maximum absolute atomic E-state index is 15.1. The summed E-state index contributed by atoms with van der Waals surface area (Å²) in [6.45, 7) is -0.346. The molecule has 3 N–H and O–H groups in total. The summed E-state index contributed by atoms with van der Waals surface area (Å²) >= 11 is 6.36. The number of aliphatic hydroxyl groups is 1. The van der Waals surface area contributed by atoms with Gasteiger partial charge in [0, 0.05) is 47.4 Å². The third-order valence-electron chi connectivity index (χ3n) is 5.05. The Bertz CT molecular complexity index is 1210. The number of fused-ring (bicyclic) bond motifs is 1. The van der Waals surface area contributed by atoms with Crippen molar-refractivity contribution in [3.05, 3.63) is 75.9 Å². The Morgan fingerprint density at radius 2 is 2.13 bits per heavy atom. The number of anilines is 1. The van der Waals surface area contributed by atoms with Gasteiger partial charge in [0.05, 0.1) is 17.8 Å². The van der Waals surface area contributed by atoms with Crippen molar-refractivity contribution < 1.29 is 14.3 Å². The van der Waals surface area contributed by atoms with Gasteiger partial charge in [-0.15, -0.1) is 0 Å². The molecule has 7 nitrogen and oxygen atoms in total. The molecule has 0 fully saturated rings. The predicted molar refractivity (Wildman–Crippen MR) is 116 cm³/mol. The summed E-state index contributed by atoms with van der Waals surface area (Å²) in [5.41, 5.74) is 5.44. The number of nitrogens with two attached hydrogens (primary N) is 1. The van der Waals surface area contributed by atoms with E-state index in [2.05, 4.69) is 15.0 Å². The van der Waals surface area contributed by atoms with Crippen LogP contribution in [0.3, 0.4) is 0 Å². The number of amides is 1. The summed E-state index contributed by atoms with van der Waals surface area (Å²) in [4.78, 5) is 25.6. The van der Waals surface area contributed by atoms with E-state index in [0.717, 1.165) is 4.90 Å². The Morgan fingerprint density at radius 3 is 2.81 bits per heavy atom. The van der Waals surface area contributed by atoms with Crippen LogP contribution in [0.5, 0.6) is 0 Å². The van der Waals surface area contributed by atoms with Gasteiger partial charge in [-0.25, -0.2) is 9.37 Å². The second kappa shape index (κ2) is 7.75. The lowest BCUT2D eigenvalue weighted by Gasteiger charge is -2.31. The molecule has 0 saturated heterocycles. The van der Waals surface area contributed by atoms with Crippen LogP contribution in [0.1, 0.15) is 27.2 Å². The molecule has 0 bridgehead atoms. The van der Waals surface area contributed by atoms with E-state index in [-0.39, 0.29) is 28.4 Å². The van der Waals surface area contributed by atoms with Crippen molar-refractivity contribution >= 4 is 37.4 Å². The second-order valence-corrected chi connectivity index (χ2v) is 7.43. The Labute approximate surface area is 183 Å². The summed E-state index contributed by atoms with van der Waals surface area (Å²) in [5.74, 6) is -0.947. The van der Waals surface area contributed by atoms with E-state index < -0.39 is 17.3 Å². The van der Waals surface area contributed by atoms with E-state index in [0.29, 0.717) is 22.5 Å². The number of nitrogens with zero attached hydrogens (tertiary/aromatic N) is 4. The molecule has 3 heterocycles. The van der Waals surface area contributed by atoms with Gasteiger partial charge in [0.1, 0.15) is 17.3 Å². The molecule has 1 aliphatic rings. The number of hydrogen-bond donors (Lipinski definition) is 2. The molecule has 2 aromatic heterocycles. The van der Waals surface area contributed by atoms with Crippen molar-refractivity contribution in [2.45, 2.75) is 12.2 Å². The van der Waals surface area contributed by atoms with E-state index >= 15 is 4.39 Å². The van der Waals surface area contributed by atoms with Crippen molar-refractivity contribution in [3.63, 3.8) is 0 Å². The fourth-order valence-electron chi connectivity index (χ4n) is 3.46. The lowest BCUT2D eigenvalue weighted by molar-refractivity contribution is -0.0227. The van der Waals surface area contributed by atoms with Crippen molar-refractivity contribution in [1.29, 1.82) is 0 Å². The third-order valence-corrected chi connectivity index (χ3v) is 5.39.